The van der Waals surface area contributed by atoms with E-state index in [-0.39, 0.29) is 6.54 Å². The molecular formula is C21H22FN3O3. The third-order valence-electron chi connectivity index (χ3n) is 4.63. The summed E-state index contributed by atoms with van der Waals surface area (Å²) in [5.41, 5.74) is 2.18. The second-order valence-corrected chi connectivity index (χ2v) is 6.72. The normalized spacial score (nSPS) is 16.6. The molecule has 146 valence electrons. The highest BCUT2D eigenvalue weighted by Crippen LogP contribution is 2.26. The van der Waals surface area contributed by atoms with Gasteiger partial charge in [-0.2, -0.15) is 0 Å². The molecule has 0 bridgehead atoms. The first kappa shape index (κ1) is 19.5. The molecule has 7 heteroatoms. The number of carbonyl (C=O) groups excluding carboxylic acids is 3. The molecule has 0 aliphatic carbocycles. The molecule has 1 fully saturated rings. The maximum Gasteiger partial charge on any atom is 0.332 e. The summed E-state index contributed by atoms with van der Waals surface area (Å²) >= 11 is 0. The molecule has 3 rings (SSSR count). The number of hydrogen-bond donors (Lipinski definition) is 1. The minimum absolute atomic E-state index is 0.379. The van der Waals surface area contributed by atoms with Crippen molar-refractivity contribution in [1.29, 1.82) is 0 Å². The highest BCUT2D eigenvalue weighted by atomic mass is 19.1. The summed E-state index contributed by atoms with van der Waals surface area (Å²) in [6, 6.07) is 11.4. The first-order chi connectivity index (χ1) is 13.4. The standard InChI is InChI=1S/C21H22FN3O3/c1-3-4-15-5-9-17(10-6-15)23-19(26)13-24-20(27)14(2)25(21(24)28)18-11-7-16(22)8-12-18/h5-12,14H,3-4,13H2,1-2H3,(H,23,26). The van der Waals surface area contributed by atoms with E-state index in [2.05, 4.69) is 12.2 Å². The van der Waals surface area contributed by atoms with Crippen LogP contribution in [0.5, 0.6) is 0 Å². The van der Waals surface area contributed by atoms with E-state index in [1.54, 1.807) is 19.1 Å². The number of urea groups is 1. The van der Waals surface area contributed by atoms with Crippen LogP contribution in [0, 0.1) is 5.82 Å². The number of aryl methyl sites for hydroxylation is 1. The number of anilines is 2. The Bertz CT molecular complexity index is 881. The lowest BCUT2D eigenvalue weighted by Crippen LogP contribution is -2.39. The quantitative estimate of drug-likeness (QED) is 0.776. The first-order valence-electron chi connectivity index (χ1n) is 9.19. The topological polar surface area (TPSA) is 69.7 Å². The van der Waals surface area contributed by atoms with Crippen molar-refractivity contribution in [1.82, 2.24) is 4.90 Å². The molecule has 1 aliphatic rings. The molecule has 0 spiro atoms. The Morgan fingerprint density at radius 3 is 2.32 bits per heavy atom. The third kappa shape index (κ3) is 4.03. The zero-order valence-corrected chi connectivity index (χ0v) is 15.8. The molecule has 0 radical (unpaired) electrons. The van der Waals surface area contributed by atoms with E-state index in [4.69, 9.17) is 0 Å². The van der Waals surface area contributed by atoms with Crippen molar-refractivity contribution in [2.75, 3.05) is 16.8 Å². The average Bonchev–Trinajstić information content (AvgIpc) is 2.88. The zero-order chi connectivity index (χ0) is 20.3. The summed E-state index contributed by atoms with van der Waals surface area (Å²) in [4.78, 5) is 39.7. The maximum absolute atomic E-state index is 13.1. The van der Waals surface area contributed by atoms with Gasteiger partial charge in [-0.25, -0.2) is 9.18 Å². The van der Waals surface area contributed by atoms with E-state index < -0.39 is 29.7 Å². The van der Waals surface area contributed by atoms with Crippen molar-refractivity contribution in [3.63, 3.8) is 0 Å². The van der Waals surface area contributed by atoms with E-state index in [1.165, 1.54) is 34.7 Å². The summed E-state index contributed by atoms with van der Waals surface area (Å²) in [6.07, 6.45) is 2.00. The molecule has 2 aromatic carbocycles. The van der Waals surface area contributed by atoms with Crippen LogP contribution in [0.15, 0.2) is 48.5 Å². The number of halogens is 1. The van der Waals surface area contributed by atoms with Gasteiger partial charge in [-0.15, -0.1) is 0 Å². The van der Waals surface area contributed by atoms with Crippen LogP contribution in [-0.4, -0.2) is 35.3 Å². The van der Waals surface area contributed by atoms with Gasteiger partial charge in [-0.05, 0) is 55.3 Å². The van der Waals surface area contributed by atoms with Crippen molar-refractivity contribution in [2.45, 2.75) is 32.7 Å². The number of hydrogen-bond acceptors (Lipinski definition) is 3. The van der Waals surface area contributed by atoms with Gasteiger partial charge in [0.05, 0.1) is 0 Å². The molecule has 6 nitrogen and oxygen atoms in total. The fourth-order valence-electron chi connectivity index (χ4n) is 3.19. The Labute approximate surface area is 162 Å². The fraction of sp³-hybridized carbons (Fsp3) is 0.286. The molecular weight excluding hydrogens is 361 g/mol. The molecule has 2 aromatic rings. The molecule has 1 aliphatic heterocycles. The second-order valence-electron chi connectivity index (χ2n) is 6.72. The van der Waals surface area contributed by atoms with Gasteiger partial charge in [-0.1, -0.05) is 25.5 Å². The molecule has 1 saturated heterocycles. The maximum atomic E-state index is 13.1. The predicted octanol–water partition coefficient (Wildman–Crippen LogP) is 3.57. The molecule has 0 saturated carbocycles. The van der Waals surface area contributed by atoms with Crippen LogP contribution >= 0.6 is 0 Å². The summed E-state index contributed by atoms with van der Waals surface area (Å²) in [5, 5.41) is 2.70. The van der Waals surface area contributed by atoms with Gasteiger partial charge in [0.25, 0.3) is 5.91 Å². The van der Waals surface area contributed by atoms with Gasteiger partial charge < -0.3 is 5.32 Å². The van der Waals surface area contributed by atoms with Crippen molar-refractivity contribution in [2.24, 2.45) is 0 Å². The summed E-state index contributed by atoms with van der Waals surface area (Å²) in [5.74, 6) is -1.36. The lowest BCUT2D eigenvalue weighted by Gasteiger charge is -2.19. The second kappa shape index (κ2) is 8.21. The lowest BCUT2D eigenvalue weighted by atomic mass is 10.1. The highest BCUT2D eigenvalue weighted by Gasteiger charge is 2.44. The minimum atomic E-state index is -0.765. The summed E-state index contributed by atoms with van der Waals surface area (Å²) in [7, 11) is 0. The highest BCUT2D eigenvalue weighted by molar-refractivity contribution is 6.16. The minimum Gasteiger partial charge on any atom is -0.325 e. The Morgan fingerprint density at radius 1 is 1.07 bits per heavy atom. The van der Waals surface area contributed by atoms with Crippen LogP contribution in [0.4, 0.5) is 20.6 Å². The van der Waals surface area contributed by atoms with Crippen LogP contribution in [0.25, 0.3) is 0 Å². The van der Waals surface area contributed by atoms with E-state index in [0.717, 1.165) is 17.7 Å². The molecule has 4 amide bonds. The Morgan fingerprint density at radius 2 is 1.71 bits per heavy atom. The van der Waals surface area contributed by atoms with Gasteiger partial charge in [0.1, 0.15) is 18.4 Å². The van der Waals surface area contributed by atoms with Crippen molar-refractivity contribution in [3.8, 4) is 0 Å². The van der Waals surface area contributed by atoms with Crippen LogP contribution in [0.3, 0.4) is 0 Å². The summed E-state index contributed by atoms with van der Waals surface area (Å²) < 4.78 is 13.1. The van der Waals surface area contributed by atoms with Gasteiger partial charge in [0.15, 0.2) is 0 Å². The molecule has 1 atom stereocenters. The Kier molecular flexibility index (Phi) is 5.73. The van der Waals surface area contributed by atoms with Crippen LogP contribution < -0.4 is 10.2 Å². The number of nitrogens with zero attached hydrogens (tertiary/aromatic N) is 2. The van der Waals surface area contributed by atoms with E-state index in [9.17, 15) is 18.8 Å². The SMILES string of the molecule is CCCc1ccc(NC(=O)CN2C(=O)C(C)N(c3ccc(F)cc3)C2=O)cc1. The average molecular weight is 383 g/mol. The number of benzene rings is 2. The number of rotatable bonds is 6. The smallest absolute Gasteiger partial charge is 0.325 e. The van der Waals surface area contributed by atoms with Gasteiger partial charge in [-0.3, -0.25) is 19.4 Å². The van der Waals surface area contributed by atoms with E-state index in [0.29, 0.717) is 11.4 Å². The molecule has 1 unspecified atom stereocenters. The van der Waals surface area contributed by atoms with Crippen molar-refractivity contribution in [3.05, 3.63) is 59.9 Å². The molecule has 1 N–H and O–H groups in total. The first-order valence-corrected chi connectivity index (χ1v) is 9.19. The van der Waals surface area contributed by atoms with Crippen LogP contribution in [-0.2, 0) is 16.0 Å². The monoisotopic (exact) mass is 383 g/mol. The van der Waals surface area contributed by atoms with E-state index in [1.807, 2.05) is 12.1 Å². The number of imide groups is 1. The number of carbonyl (C=O) groups is 3. The molecule has 1 heterocycles. The predicted molar refractivity (Wildman–Crippen MR) is 105 cm³/mol. The lowest BCUT2D eigenvalue weighted by molar-refractivity contribution is -0.130. The molecule has 28 heavy (non-hydrogen) atoms. The number of nitrogens with one attached hydrogen (secondary N) is 1. The van der Waals surface area contributed by atoms with Crippen LogP contribution in [0.1, 0.15) is 25.8 Å². The Hall–Kier alpha value is -3.22. The summed E-state index contributed by atoms with van der Waals surface area (Å²) in [6.45, 7) is 3.29. The largest absolute Gasteiger partial charge is 0.332 e. The third-order valence-corrected chi connectivity index (χ3v) is 4.63. The number of amides is 4. The van der Waals surface area contributed by atoms with Crippen LogP contribution in [0.2, 0.25) is 0 Å². The van der Waals surface area contributed by atoms with Crippen molar-refractivity contribution >= 4 is 29.2 Å². The molecule has 0 aromatic heterocycles. The Balaban J connectivity index is 1.67. The van der Waals surface area contributed by atoms with Crippen molar-refractivity contribution < 1.29 is 18.8 Å². The van der Waals surface area contributed by atoms with Gasteiger partial charge in [0.2, 0.25) is 5.91 Å². The zero-order valence-electron chi connectivity index (χ0n) is 15.8. The van der Waals surface area contributed by atoms with Gasteiger partial charge in [0, 0.05) is 11.4 Å². The van der Waals surface area contributed by atoms with E-state index >= 15 is 0 Å². The van der Waals surface area contributed by atoms with Gasteiger partial charge >= 0.3 is 6.03 Å². The fourth-order valence-corrected chi connectivity index (χ4v) is 3.19.